The van der Waals surface area contributed by atoms with E-state index in [0.29, 0.717) is 0 Å². The summed E-state index contributed by atoms with van der Waals surface area (Å²) >= 11 is 1.78. The summed E-state index contributed by atoms with van der Waals surface area (Å²) < 4.78 is 1.32. The largest absolute Gasteiger partial charge is 0.296 e. The van der Waals surface area contributed by atoms with Crippen LogP contribution in [0.15, 0.2) is 80.3 Å². The van der Waals surface area contributed by atoms with E-state index in [1.807, 2.05) is 25.5 Å². The molecule has 2 aromatic rings. The lowest BCUT2D eigenvalue weighted by Crippen LogP contribution is -2.26. The average molecular weight is 345 g/mol. The van der Waals surface area contributed by atoms with E-state index in [2.05, 4.69) is 51.8 Å². The first-order valence-corrected chi connectivity index (χ1v) is 9.24. The molecule has 1 atom stereocenters. The molecule has 0 bridgehead atoms. The van der Waals surface area contributed by atoms with Crippen LogP contribution in [0.2, 0.25) is 0 Å². The summed E-state index contributed by atoms with van der Waals surface area (Å²) in [4.78, 5) is 13.5. The molecule has 1 unspecified atom stereocenters. The van der Waals surface area contributed by atoms with Gasteiger partial charge >= 0.3 is 0 Å². The smallest absolute Gasteiger partial charge is 0.0735 e. The maximum absolute atomic E-state index is 4.69. The molecule has 124 valence electrons. The van der Waals surface area contributed by atoms with Gasteiger partial charge in [0.2, 0.25) is 0 Å². The lowest BCUT2D eigenvalue weighted by molar-refractivity contribution is 1.07. The molecule has 1 aromatic heterocycles. The summed E-state index contributed by atoms with van der Waals surface area (Å²) in [6.07, 6.45) is 10.8. The van der Waals surface area contributed by atoms with Gasteiger partial charge in [0.1, 0.15) is 0 Å². The van der Waals surface area contributed by atoms with Gasteiger partial charge in [-0.1, -0.05) is 18.2 Å². The van der Waals surface area contributed by atoms with E-state index in [9.17, 15) is 0 Å². The van der Waals surface area contributed by atoms with Crippen LogP contribution in [0.4, 0.5) is 0 Å². The third kappa shape index (κ3) is 2.94. The molecule has 1 aromatic carbocycles. The molecule has 2 aliphatic rings. The molecule has 0 aliphatic carbocycles. The van der Waals surface area contributed by atoms with Gasteiger partial charge in [-0.2, -0.15) is 0 Å². The average Bonchev–Trinajstić information content (AvgIpc) is 3.26. The van der Waals surface area contributed by atoms with Crippen molar-refractivity contribution in [2.75, 3.05) is 7.05 Å². The van der Waals surface area contributed by atoms with Crippen molar-refractivity contribution in [3.05, 3.63) is 70.9 Å². The number of nitrogens with zero attached hydrogens (tertiary/aromatic N) is 3. The third-order valence-corrected chi connectivity index (χ3v) is 5.48. The van der Waals surface area contributed by atoms with Crippen molar-refractivity contribution in [1.82, 2.24) is 0 Å². The number of rotatable bonds is 4. The number of hydrogen-bond acceptors (Lipinski definition) is 4. The second-order valence-corrected chi connectivity index (χ2v) is 7.04. The molecule has 0 fully saturated rings. The van der Waals surface area contributed by atoms with Crippen LogP contribution >= 0.6 is 11.3 Å². The predicted molar refractivity (Wildman–Crippen MR) is 109 cm³/mol. The van der Waals surface area contributed by atoms with E-state index in [1.54, 1.807) is 18.4 Å². The van der Waals surface area contributed by atoms with E-state index in [1.165, 1.54) is 21.2 Å². The summed E-state index contributed by atoms with van der Waals surface area (Å²) in [6, 6.07) is 8.82. The number of thiophene rings is 1. The quantitative estimate of drug-likeness (QED) is 0.698. The Labute approximate surface area is 151 Å². The zero-order valence-electron chi connectivity index (χ0n) is 14.3. The Hall–Kier alpha value is -2.59. The van der Waals surface area contributed by atoms with Crippen molar-refractivity contribution in [2.24, 2.45) is 20.9 Å². The van der Waals surface area contributed by atoms with Gasteiger partial charge < -0.3 is 0 Å². The first kappa shape index (κ1) is 15.9. The first-order valence-electron chi connectivity index (χ1n) is 8.36. The van der Waals surface area contributed by atoms with Crippen LogP contribution in [0.3, 0.4) is 0 Å². The summed E-state index contributed by atoms with van der Waals surface area (Å²) in [6.45, 7) is 2.04. The fourth-order valence-corrected chi connectivity index (χ4v) is 4.12. The van der Waals surface area contributed by atoms with Crippen molar-refractivity contribution in [3.8, 4) is 0 Å². The molecule has 3 nitrogen and oxygen atoms in total. The van der Waals surface area contributed by atoms with E-state index in [0.717, 1.165) is 23.4 Å². The van der Waals surface area contributed by atoms with Crippen LogP contribution in [-0.2, 0) is 6.42 Å². The van der Waals surface area contributed by atoms with Crippen molar-refractivity contribution < 1.29 is 0 Å². The predicted octanol–water partition coefficient (Wildman–Crippen LogP) is 5.01. The van der Waals surface area contributed by atoms with E-state index >= 15 is 0 Å². The van der Waals surface area contributed by atoms with Gasteiger partial charge in [0.15, 0.2) is 0 Å². The Balaban J connectivity index is 1.59. The van der Waals surface area contributed by atoms with Crippen LogP contribution in [0.5, 0.6) is 0 Å². The lowest BCUT2D eigenvalue weighted by Gasteiger charge is -2.19. The van der Waals surface area contributed by atoms with Gasteiger partial charge in [0, 0.05) is 36.8 Å². The minimum atomic E-state index is 0.182. The molecular formula is C21H19N3S. The van der Waals surface area contributed by atoms with Crippen molar-refractivity contribution in [3.63, 3.8) is 0 Å². The highest BCUT2D eigenvalue weighted by Gasteiger charge is 2.29. The molecule has 4 heteroatoms. The Morgan fingerprint density at radius 1 is 1.28 bits per heavy atom. The van der Waals surface area contributed by atoms with Gasteiger partial charge in [-0.05, 0) is 52.6 Å². The summed E-state index contributed by atoms with van der Waals surface area (Å²) in [5, 5.41) is 3.43. The Bertz CT molecular complexity index is 999. The highest BCUT2D eigenvalue weighted by atomic mass is 32.1. The van der Waals surface area contributed by atoms with Gasteiger partial charge in [0.25, 0.3) is 0 Å². The molecule has 0 radical (unpaired) electrons. The zero-order valence-corrected chi connectivity index (χ0v) is 15.1. The molecule has 2 aliphatic heterocycles. The maximum Gasteiger partial charge on any atom is 0.0735 e. The molecule has 0 spiro atoms. The van der Waals surface area contributed by atoms with E-state index in [-0.39, 0.29) is 5.92 Å². The molecule has 3 heterocycles. The van der Waals surface area contributed by atoms with Gasteiger partial charge in [-0.15, -0.1) is 11.3 Å². The minimum absolute atomic E-state index is 0.182. The van der Waals surface area contributed by atoms with E-state index in [4.69, 9.17) is 4.99 Å². The SMILES string of the molecule is C/C=C(\C=NC)C1=CN=C2C(Cc3ccc4sccc4c3)=NC=CC12. The topological polar surface area (TPSA) is 37.1 Å². The van der Waals surface area contributed by atoms with E-state index < -0.39 is 0 Å². The normalized spacial score (nSPS) is 20.0. The second-order valence-electron chi connectivity index (χ2n) is 6.09. The molecule has 0 N–H and O–H groups in total. The highest BCUT2D eigenvalue weighted by molar-refractivity contribution is 7.17. The fourth-order valence-electron chi connectivity index (χ4n) is 3.35. The van der Waals surface area contributed by atoms with Gasteiger partial charge in [0.05, 0.1) is 17.3 Å². The van der Waals surface area contributed by atoms with Crippen molar-refractivity contribution in [2.45, 2.75) is 13.3 Å². The number of allylic oxidation sites excluding steroid dienone is 4. The summed E-state index contributed by atoms with van der Waals surface area (Å²) in [5.41, 5.74) is 5.71. The third-order valence-electron chi connectivity index (χ3n) is 4.58. The van der Waals surface area contributed by atoms with Crippen molar-refractivity contribution in [1.29, 1.82) is 0 Å². The number of benzene rings is 1. The van der Waals surface area contributed by atoms with Gasteiger partial charge in [-0.3, -0.25) is 15.0 Å². The number of fused-ring (bicyclic) bond motifs is 2. The Kier molecular flexibility index (Phi) is 4.28. The molecule has 0 amide bonds. The summed E-state index contributed by atoms with van der Waals surface area (Å²) in [5.74, 6) is 0.182. The summed E-state index contributed by atoms with van der Waals surface area (Å²) in [7, 11) is 1.80. The highest BCUT2D eigenvalue weighted by Crippen LogP contribution is 2.31. The lowest BCUT2D eigenvalue weighted by atomic mass is 9.86. The molecule has 0 saturated carbocycles. The fraction of sp³-hybridized carbons (Fsp3) is 0.190. The first-order chi connectivity index (χ1) is 12.3. The zero-order chi connectivity index (χ0) is 17.2. The number of hydrogen-bond donors (Lipinski definition) is 0. The maximum atomic E-state index is 4.69. The Morgan fingerprint density at radius 2 is 2.20 bits per heavy atom. The van der Waals surface area contributed by atoms with Crippen LogP contribution in [0, 0.1) is 5.92 Å². The van der Waals surface area contributed by atoms with Crippen LogP contribution in [0.25, 0.3) is 10.1 Å². The molecular weight excluding hydrogens is 326 g/mol. The van der Waals surface area contributed by atoms with Gasteiger partial charge in [-0.25, -0.2) is 0 Å². The van der Waals surface area contributed by atoms with Crippen LogP contribution in [0.1, 0.15) is 12.5 Å². The molecule has 25 heavy (non-hydrogen) atoms. The number of aliphatic imine (C=N–C) groups is 3. The molecule has 4 rings (SSSR count). The molecule has 0 saturated heterocycles. The van der Waals surface area contributed by atoms with Crippen LogP contribution < -0.4 is 0 Å². The Morgan fingerprint density at radius 3 is 3.04 bits per heavy atom. The minimum Gasteiger partial charge on any atom is -0.296 e. The monoisotopic (exact) mass is 345 g/mol. The van der Waals surface area contributed by atoms with Crippen LogP contribution in [-0.4, -0.2) is 24.7 Å². The second kappa shape index (κ2) is 6.73. The van der Waals surface area contributed by atoms with Crippen molar-refractivity contribution >= 4 is 39.1 Å². The standard InChI is InChI=1S/C21H19N3S/c1-3-15(12-22-2)18-13-24-21-17(18)6-8-23-19(21)11-14-4-5-20-16(10-14)7-9-25-20/h3-10,12-13,17H,11H2,1-2H3/b15-3+,22-12?.